The summed E-state index contributed by atoms with van der Waals surface area (Å²) in [5.74, 6) is 0.680. The number of nitrogens with one attached hydrogen (secondary N) is 1. The molecule has 16 heavy (non-hydrogen) atoms. The molecule has 1 fully saturated rings. The Kier molecular flexibility index (Phi) is 4.77. The topological polar surface area (TPSA) is 18.5 Å². The maximum absolute atomic E-state index is 3.43. The molecule has 0 aliphatic carbocycles. The number of nitrogens with zero attached hydrogens (tertiary/aromatic N) is 2. The molecular weight excluding hydrogens is 198 g/mol. The molecular formula is C13H29N3. The number of hydrogen-bond acceptors (Lipinski definition) is 3. The van der Waals surface area contributed by atoms with E-state index in [0.717, 1.165) is 13.1 Å². The van der Waals surface area contributed by atoms with Gasteiger partial charge < -0.3 is 10.2 Å². The first kappa shape index (κ1) is 13.9. The van der Waals surface area contributed by atoms with E-state index in [1.54, 1.807) is 0 Å². The first-order chi connectivity index (χ1) is 7.37. The van der Waals surface area contributed by atoms with Gasteiger partial charge in [0, 0.05) is 37.8 Å². The molecule has 1 aliphatic rings. The third-order valence-electron chi connectivity index (χ3n) is 3.84. The Morgan fingerprint density at radius 1 is 1.12 bits per heavy atom. The van der Waals surface area contributed by atoms with Gasteiger partial charge in [0.05, 0.1) is 0 Å². The van der Waals surface area contributed by atoms with Crippen molar-refractivity contribution in [2.45, 2.75) is 39.3 Å². The van der Waals surface area contributed by atoms with Crippen molar-refractivity contribution in [1.82, 2.24) is 15.1 Å². The second kappa shape index (κ2) is 5.48. The van der Waals surface area contributed by atoms with Gasteiger partial charge >= 0.3 is 0 Å². The molecule has 1 aliphatic heterocycles. The Hall–Kier alpha value is -0.120. The van der Waals surface area contributed by atoms with Gasteiger partial charge in [-0.15, -0.1) is 0 Å². The molecule has 0 saturated carbocycles. The molecule has 1 heterocycles. The fraction of sp³-hybridized carbons (Fsp3) is 1.00. The van der Waals surface area contributed by atoms with E-state index in [1.165, 1.54) is 13.1 Å². The minimum atomic E-state index is 0.250. The van der Waals surface area contributed by atoms with Gasteiger partial charge in [-0.2, -0.15) is 0 Å². The van der Waals surface area contributed by atoms with Crippen LogP contribution in [0.25, 0.3) is 0 Å². The predicted octanol–water partition coefficient (Wildman–Crippen LogP) is 1.26. The first-order valence-electron chi connectivity index (χ1n) is 6.49. The summed E-state index contributed by atoms with van der Waals surface area (Å²) < 4.78 is 0. The summed E-state index contributed by atoms with van der Waals surface area (Å²) in [5, 5.41) is 3.43. The lowest BCUT2D eigenvalue weighted by atomic mass is 9.83. The molecule has 1 rings (SSSR count). The average molecular weight is 227 g/mol. The zero-order valence-corrected chi connectivity index (χ0v) is 11.9. The van der Waals surface area contributed by atoms with Crippen molar-refractivity contribution in [3.8, 4) is 0 Å². The highest BCUT2D eigenvalue weighted by Crippen LogP contribution is 2.27. The maximum atomic E-state index is 3.43. The number of likely N-dealkylation sites (N-methyl/N-ethyl adjacent to an activating group) is 1. The molecule has 0 aromatic rings. The van der Waals surface area contributed by atoms with Gasteiger partial charge in [0.2, 0.25) is 0 Å². The maximum Gasteiger partial charge on any atom is 0.0311 e. The van der Waals surface area contributed by atoms with Crippen LogP contribution in [-0.4, -0.2) is 61.7 Å². The highest BCUT2D eigenvalue weighted by molar-refractivity contribution is 4.96. The van der Waals surface area contributed by atoms with Crippen LogP contribution in [0.5, 0.6) is 0 Å². The van der Waals surface area contributed by atoms with E-state index in [1.807, 2.05) is 0 Å². The van der Waals surface area contributed by atoms with Crippen LogP contribution in [0.2, 0.25) is 0 Å². The molecule has 1 atom stereocenters. The molecule has 0 aromatic carbocycles. The number of piperazine rings is 1. The van der Waals surface area contributed by atoms with Gasteiger partial charge in [0.15, 0.2) is 0 Å². The van der Waals surface area contributed by atoms with E-state index < -0.39 is 0 Å². The van der Waals surface area contributed by atoms with E-state index in [9.17, 15) is 0 Å². The fourth-order valence-electron chi connectivity index (χ4n) is 3.47. The smallest absolute Gasteiger partial charge is 0.0311 e. The Bertz CT molecular complexity index is 197. The molecule has 0 amide bonds. The van der Waals surface area contributed by atoms with E-state index in [4.69, 9.17) is 0 Å². The lowest BCUT2D eigenvalue weighted by Gasteiger charge is -2.50. The van der Waals surface area contributed by atoms with Crippen LogP contribution in [0.1, 0.15) is 27.7 Å². The van der Waals surface area contributed by atoms with Crippen LogP contribution in [-0.2, 0) is 0 Å². The van der Waals surface area contributed by atoms with Gasteiger partial charge in [-0.1, -0.05) is 13.8 Å². The molecule has 0 radical (unpaired) electrons. The lowest BCUT2D eigenvalue weighted by Crippen LogP contribution is -2.63. The largest absolute Gasteiger partial charge is 0.314 e. The summed E-state index contributed by atoms with van der Waals surface area (Å²) in [7, 11) is 4.41. The van der Waals surface area contributed by atoms with Gasteiger partial charge in [0.25, 0.3) is 0 Å². The zero-order valence-electron chi connectivity index (χ0n) is 11.9. The zero-order chi connectivity index (χ0) is 12.3. The van der Waals surface area contributed by atoms with E-state index in [0.29, 0.717) is 12.0 Å². The van der Waals surface area contributed by atoms with Crippen molar-refractivity contribution < 1.29 is 0 Å². The van der Waals surface area contributed by atoms with Crippen molar-refractivity contribution in [3.63, 3.8) is 0 Å². The molecule has 96 valence electrons. The van der Waals surface area contributed by atoms with Crippen LogP contribution < -0.4 is 5.32 Å². The average Bonchev–Trinajstić information content (AvgIpc) is 2.17. The number of rotatable bonds is 4. The van der Waals surface area contributed by atoms with E-state index in [-0.39, 0.29) is 5.54 Å². The highest BCUT2D eigenvalue weighted by Gasteiger charge is 2.38. The standard InChI is InChI=1S/C13H29N3/c1-11(2)12(15(5)6)13(3,4)16-9-7-14-8-10-16/h11-12,14H,7-10H2,1-6H3. The Morgan fingerprint density at radius 3 is 2.00 bits per heavy atom. The number of hydrogen-bond donors (Lipinski definition) is 1. The van der Waals surface area contributed by atoms with E-state index in [2.05, 4.69) is 56.9 Å². The summed E-state index contributed by atoms with van der Waals surface area (Å²) >= 11 is 0. The van der Waals surface area contributed by atoms with Crippen molar-refractivity contribution >= 4 is 0 Å². The van der Waals surface area contributed by atoms with Crippen LogP contribution in [0.15, 0.2) is 0 Å². The third kappa shape index (κ3) is 2.96. The minimum Gasteiger partial charge on any atom is -0.314 e. The molecule has 0 aromatic heterocycles. The van der Waals surface area contributed by atoms with Gasteiger partial charge in [-0.25, -0.2) is 0 Å². The molecule has 1 saturated heterocycles. The summed E-state index contributed by atoms with van der Waals surface area (Å²) in [6.07, 6.45) is 0. The van der Waals surface area contributed by atoms with Crippen LogP contribution in [0, 0.1) is 5.92 Å². The Labute approximate surface area is 101 Å². The highest BCUT2D eigenvalue weighted by atomic mass is 15.3. The molecule has 1 unspecified atom stereocenters. The Morgan fingerprint density at radius 2 is 1.62 bits per heavy atom. The summed E-state index contributed by atoms with van der Waals surface area (Å²) in [5.41, 5.74) is 0.250. The molecule has 1 N–H and O–H groups in total. The Balaban J connectivity index is 2.78. The quantitative estimate of drug-likeness (QED) is 0.780. The van der Waals surface area contributed by atoms with E-state index >= 15 is 0 Å². The monoisotopic (exact) mass is 227 g/mol. The minimum absolute atomic E-state index is 0.250. The van der Waals surface area contributed by atoms with Crippen molar-refractivity contribution in [2.24, 2.45) is 5.92 Å². The molecule has 3 nitrogen and oxygen atoms in total. The van der Waals surface area contributed by atoms with Crippen LogP contribution in [0.3, 0.4) is 0 Å². The van der Waals surface area contributed by atoms with Crippen LogP contribution in [0.4, 0.5) is 0 Å². The van der Waals surface area contributed by atoms with Crippen molar-refractivity contribution in [1.29, 1.82) is 0 Å². The summed E-state index contributed by atoms with van der Waals surface area (Å²) in [4.78, 5) is 5.01. The van der Waals surface area contributed by atoms with Gasteiger partial charge in [0.1, 0.15) is 0 Å². The third-order valence-corrected chi connectivity index (χ3v) is 3.84. The SMILES string of the molecule is CC(C)C(N(C)C)C(C)(C)N1CCNCC1. The summed E-state index contributed by atoms with van der Waals surface area (Å²) in [6.45, 7) is 14.0. The second-order valence-corrected chi connectivity index (χ2v) is 6.04. The predicted molar refractivity (Wildman–Crippen MR) is 70.8 cm³/mol. The lowest BCUT2D eigenvalue weighted by molar-refractivity contribution is 0.00973. The first-order valence-corrected chi connectivity index (χ1v) is 6.49. The molecule has 3 heteroatoms. The van der Waals surface area contributed by atoms with Crippen LogP contribution >= 0.6 is 0 Å². The normalized spacial score (nSPS) is 21.8. The summed E-state index contributed by atoms with van der Waals surface area (Å²) in [6, 6.07) is 0.602. The van der Waals surface area contributed by atoms with Gasteiger partial charge in [-0.3, -0.25) is 4.90 Å². The molecule has 0 bridgehead atoms. The van der Waals surface area contributed by atoms with Crippen molar-refractivity contribution in [3.05, 3.63) is 0 Å². The molecule has 0 spiro atoms. The van der Waals surface area contributed by atoms with Gasteiger partial charge in [-0.05, 0) is 33.9 Å². The second-order valence-electron chi connectivity index (χ2n) is 6.04. The fourth-order valence-corrected chi connectivity index (χ4v) is 3.47. The van der Waals surface area contributed by atoms with Crippen molar-refractivity contribution in [2.75, 3.05) is 40.3 Å².